The van der Waals surface area contributed by atoms with Crippen LogP contribution in [0.25, 0.3) is 0 Å². The van der Waals surface area contributed by atoms with E-state index in [-0.39, 0.29) is 20.3 Å². The lowest BCUT2D eigenvalue weighted by Crippen LogP contribution is -2.17. The maximum atomic E-state index is 4.52. The van der Waals surface area contributed by atoms with Gasteiger partial charge in [0.15, 0.2) is 0 Å². The number of hydrogen-bond acceptors (Lipinski definition) is 2. The number of rotatable bonds is 0. The van der Waals surface area contributed by atoms with Crippen molar-refractivity contribution < 1.29 is 0 Å². The quantitative estimate of drug-likeness (QED) is 0.717. The van der Waals surface area contributed by atoms with Crippen LogP contribution in [0, 0.1) is 0 Å². The summed E-state index contributed by atoms with van der Waals surface area (Å²) in [5.74, 6) is 0. The van der Waals surface area contributed by atoms with Crippen molar-refractivity contribution in [2.24, 2.45) is 0 Å². The Morgan fingerprint density at radius 2 is 1.94 bits per heavy atom. The second-order valence-corrected chi connectivity index (χ2v) is 5.00. The van der Waals surface area contributed by atoms with Crippen LogP contribution in [0.15, 0.2) is 12.3 Å². The Kier molecular flexibility index (Phi) is 4.98. The van der Waals surface area contributed by atoms with Crippen LogP contribution >= 0.6 is 0 Å². The topological polar surface area (TPSA) is 24.9 Å². The fourth-order valence-corrected chi connectivity index (χ4v) is 1.73. The zero-order valence-corrected chi connectivity index (χ0v) is 9.22. The zero-order chi connectivity index (χ0) is 10.2. The van der Waals surface area contributed by atoms with Gasteiger partial charge in [0, 0.05) is 12.7 Å². The Morgan fingerprint density at radius 3 is 2.56 bits per heavy atom. The Labute approximate surface area is 100 Å². The lowest BCUT2D eigenvalue weighted by Gasteiger charge is -2.23. The smallest absolute Gasteiger partial charge is 0.0635 e. The number of aromatic nitrogens is 1. The minimum Gasteiger partial charge on any atom is -0.384 e. The third-order valence-corrected chi connectivity index (χ3v) is 2.74. The zero-order valence-electron chi connectivity index (χ0n) is 9.22. The highest BCUT2D eigenvalue weighted by molar-refractivity contribution is 5.52. The van der Waals surface area contributed by atoms with E-state index < -0.39 is 0 Å². The standard InChI is InChI=1S/C12H18N2.2CH4/c1-12(2,3)9-7-11-10(14-8-9)5-4-6-13-11;;/h7-8,13H,4-6H2,1-3H3;2*1H4. The van der Waals surface area contributed by atoms with E-state index in [4.69, 9.17) is 0 Å². The SMILES string of the molecule is C.C.CC(C)(C)c1cnc2c(c1)NCCC2. The maximum Gasteiger partial charge on any atom is 0.0635 e. The molecule has 2 rings (SSSR count). The molecule has 0 bridgehead atoms. The maximum absolute atomic E-state index is 4.52. The average molecular weight is 222 g/mol. The summed E-state index contributed by atoms with van der Waals surface area (Å²) in [7, 11) is 0. The summed E-state index contributed by atoms with van der Waals surface area (Å²) in [5.41, 5.74) is 3.97. The van der Waals surface area contributed by atoms with Gasteiger partial charge in [-0.1, -0.05) is 35.6 Å². The molecule has 0 saturated heterocycles. The molecule has 2 heterocycles. The second-order valence-electron chi connectivity index (χ2n) is 5.00. The lowest BCUT2D eigenvalue weighted by atomic mass is 9.87. The fourth-order valence-electron chi connectivity index (χ4n) is 1.73. The van der Waals surface area contributed by atoms with Crippen molar-refractivity contribution >= 4 is 5.69 Å². The van der Waals surface area contributed by atoms with E-state index in [0.717, 1.165) is 13.0 Å². The first kappa shape index (κ1) is 14.9. The molecule has 0 aliphatic carbocycles. The predicted molar refractivity (Wildman–Crippen MR) is 73.2 cm³/mol. The third-order valence-electron chi connectivity index (χ3n) is 2.74. The Hall–Kier alpha value is -1.05. The van der Waals surface area contributed by atoms with Crippen molar-refractivity contribution in [1.82, 2.24) is 4.98 Å². The molecular weight excluding hydrogens is 196 g/mol. The van der Waals surface area contributed by atoms with Gasteiger partial charge in [-0.15, -0.1) is 0 Å². The van der Waals surface area contributed by atoms with Gasteiger partial charge in [-0.05, 0) is 29.9 Å². The van der Waals surface area contributed by atoms with Crippen molar-refractivity contribution in [2.75, 3.05) is 11.9 Å². The number of aryl methyl sites for hydroxylation is 1. The van der Waals surface area contributed by atoms with Crippen LogP contribution in [0.1, 0.15) is 53.3 Å². The number of nitrogens with one attached hydrogen (secondary N) is 1. The van der Waals surface area contributed by atoms with Crippen molar-refractivity contribution in [3.63, 3.8) is 0 Å². The first-order valence-corrected chi connectivity index (χ1v) is 5.30. The highest BCUT2D eigenvalue weighted by atomic mass is 14.9. The summed E-state index contributed by atoms with van der Waals surface area (Å²) < 4.78 is 0. The van der Waals surface area contributed by atoms with Gasteiger partial charge in [0.1, 0.15) is 0 Å². The van der Waals surface area contributed by atoms with Gasteiger partial charge >= 0.3 is 0 Å². The van der Waals surface area contributed by atoms with E-state index >= 15 is 0 Å². The molecule has 92 valence electrons. The van der Waals surface area contributed by atoms with E-state index in [0.29, 0.717) is 0 Å². The molecule has 2 heteroatoms. The summed E-state index contributed by atoms with van der Waals surface area (Å²) in [6, 6.07) is 2.25. The lowest BCUT2D eigenvalue weighted by molar-refractivity contribution is 0.586. The van der Waals surface area contributed by atoms with Gasteiger partial charge in [-0.2, -0.15) is 0 Å². The molecule has 1 aliphatic rings. The normalized spacial score (nSPS) is 13.9. The number of nitrogens with zero attached hydrogens (tertiary/aromatic N) is 1. The van der Waals surface area contributed by atoms with Crippen LogP contribution in [0.3, 0.4) is 0 Å². The van der Waals surface area contributed by atoms with Crippen molar-refractivity contribution in [2.45, 2.75) is 53.9 Å². The Balaban J connectivity index is 0.00000112. The van der Waals surface area contributed by atoms with Gasteiger partial charge in [-0.25, -0.2) is 0 Å². The Morgan fingerprint density at radius 1 is 1.25 bits per heavy atom. The van der Waals surface area contributed by atoms with E-state index in [9.17, 15) is 0 Å². The molecule has 16 heavy (non-hydrogen) atoms. The van der Waals surface area contributed by atoms with Crippen LogP contribution < -0.4 is 5.32 Å². The third kappa shape index (κ3) is 2.97. The molecule has 0 unspecified atom stereocenters. The summed E-state index contributed by atoms with van der Waals surface area (Å²) in [4.78, 5) is 4.52. The van der Waals surface area contributed by atoms with Gasteiger partial charge in [0.2, 0.25) is 0 Å². The number of anilines is 1. The molecule has 1 aliphatic heterocycles. The summed E-state index contributed by atoms with van der Waals surface area (Å²) in [5, 5.41) is 3.41. The number of fused-ring (bicyclic) bond motifs is 1. The monoisotopic (exact) mass is 222 g/mol. The van der Waals surface area contributed by atoms with Crippen LogP contribution in [-0.2, 0) is 11.8 Å². The molecular formula is C14H26N2. The van der Waals surface area contributed by atoms with Crippen molar-refractivity contribution in [1.29, 1.82) is 0 Å². The van der Waals surface area contributed by atoms with Gasteiger partial charge in [0.05, 0.1) is 11.4 Å². The van der Waals surface area contributed by atoms with E-state index in [1.54, 1.807) is 0 Å². The minimum absolute atomic E-state index is 0. The molecule has 1 aromatic heterocycles. The van der Waals surface area contributed by atoms with Gasteiger partial charge in [-0.3, -0.25) is 4.98 Å². The number of hydrogen-bond donors (Lipinski definition) is 1. The molecule has 0 spiro atoms. The molecule has 0 aromatic carbocycles. The predicted octanol–water partition coefficient (Wildman–Crippen LogP) is 4.01. The van der Waals surface area contributed by atoms with Crippen LogP contribution in [0.2, 0.25) is 0 Å². The van der Waals surface area contributed by atoms with E-state index in [2.05, 4.69) is 37.1 Å². The molecule has 1 aromatic rings. The highest BCUT2D eigenvalue weighted by Gasteiger charge is 2.17. The second kappa shape index (κ2) is 5.33. The van der Waals surface area contributed by atoms with Gasteiger partial charge < -0.3 is 5.32 Å². The summed E-state index contributed by atoms with van der Waals surface area (Å²) in [6.07, 6.45) is 4.34. The van der Waals surface area contributed by atoms with E-state index in [1.165, 1.54) is 23.4 Å². The molecule has 1 N–H and O–H groups in total. The molecule has 2 nitrogen and oxygen atoms in total. The summed E-state index contributed by atoms with van der Waals surface area (Å²) in [6.45, 7) is 7.75. The largest absolute Gasteiger partial charge is 0.384 e. The molecule has 0 amide bonds. The molecule has 0 saturated carbocycles. The molecule has 0 atom stereocenters. The minimum atomic E-state index is 0. The molecule has 0 radical (unpaired) electrons. The highest BCUT2D eigenvalue weighted by Crippen LogP contribution is 2.27. The van der Waals surface area contributed by atoms with E-state index in [1.807, 2.05) is 6.20 Å². The first-order valence-electron chi connectivity index (χ1n) is 5.30. The Bertz CT molecular complexity index is 337. The number of pyridine rings is 1. The first-order chi connectivity index (χ1) is 6.57. The average Bonchev–Trinajstić information content (AvgIpc) is 2.16. The van der Waals surface area contributed by atoms with Gasteiger partial charge in [0.25, 0.3) is 0 Å². The van der Waals surface area contributed by atoms with Crippen molar-refractivity contribution in [3.8, 4) is 0 Å². The van der Waals surface area contributed by atoms with Crippen LogP contribution in [0.4, 0.5) is 5.69 Å². The molecule has 0 fully saturated rings. The summed E-state index contributed by atoms with van der Waals surface area (Å²) >= 11 is 0. The van der Waals surface area contributed by atoms with Crippen LogP contribution in [-0.4, -0.2) is 11.5 Å². The fraction of sp³-hybridized carbons (Fsp3) is 0.643. The van der Waals surface area contributed by atoms with Crippen LogP contribution in [0.5, 0.6) is 0 Å². The van der Waals surface area contributed by atoms with Crippen molar-refractivity contribution in [3.05, 3.63) is 23.5 Å².